The van der Waals surface area contributed by atoms with Crippen molar-refractivity contribution in [2.75, 3.05) is 6.54 Å². The summed E-state index contributed by atoms with van der Waals surface area (Å²) >= 11 is 0. The maximum atomic E-state index is 11.8. The van der Waals surface area contributed by atoms with Crippen molar-refractivity contribution >= 4 is 5.91 Å². The molecule has 2 aromatic rings. The van der Waals surface area contributed by atoms with Gasteiger partial charge in [0.2, 0.25) is 0 Å². The summed E-state index contributed by atoms with van der Waals surface area (Å²) in [5.74, 6) is 0.717. The normalized spacial score (nSPS) is 10.3. The molecule has 0 aliphatic heterocycles. The van der Waals surface area contributed by atoms with Gasteiger partial charge in [0, 0.05) is 30.1 Å². The van der Waals surface area contributed by atoms with E-state index in [1.54, 1.807) is 24.5 Å². The number of nitrogens with one attached hydrogen (secondary N) is 1. The molecule has 2 aromatic heterocycles. The number of aromatic nitrogens is 2. The summed E-state index contributed by atoms with van der Waals surface area (Å²) in [6.07, 6.45) is 3.92. The monoisotopic (exact) mass is 245 g/mol. The second kappa shape index (κ2) is 5.44. The van der Waals surface area contributed by atoms with Gasteiger partial charge in [-0.2, -0.15) is 0 Å². The zero-order valence-electron chi connectivity index (χ0n) is 10.4. The molecule has 18 heavy (non-hydrogen) atoms. The molecule has 0 saturated carbocycles. The van der Waals surface area contributed by atoms with Gasteiger partial charge in [0.1, 0.15) is 5.76 Å². The average molecular weight is 245 g/mol. The summed E-state index contributed by atoms with van der Waals surface area (Å²) < 4.78 is 5.07. The molecule has 2 heterocycles. The van der Waals surface area contributed by atoms with Crippen molar-refractivity contribution in [2.24, 2.45) is 0 Å². The Morgan fingerprint density at radius 3 is 2.67 bits per heavy atom. The summed E-state index contributed by atoms with van der Waals surface area (Å²) in [7, 11) is 0. The molecule has 0 spiro atoms. The third-order valence-electron chi connectivity index (χ3n) is 2.78. The number of hydrogen-bond donors (Lipinski definition) is 1. The first-order chi connectivity index (χ1) is 8.68. The highest BCUT2D eigenvalue weighted by molar-refractivity contribution is 5.93. The van der Waals surface area contributed by atoms with Gasteiger partial charge < -0.3 is 9.84 Å². The van der Waals surface area contributed by atoms with Crippen LogP contribution in [0.2, 0.25) is 0 Å². The molecule has 0 aromatic carbocycles. The largest absolute Gasteiger partial charge is 0.361 e. The highest BCUT2D eigenvalue weighted by atomic mass is 16.5. The molecule has 0 unspecified atom stereocenters. The summed E-state index contributed by atoms with van der Waals surface area (Å²) in [5, 5.41) is 6.73. The number of carbonyl (C=O) groups is 1. The van der Waals surface area contributed by atoms with Gasteiger partial charge in [-0.05, 0) is 32.4 Å². The van der Waals surface area contributed by atoms with Gasteiger partial charge in [0.25, 0.3) is 5.91 Å². The third-order valence-corrected chi connectivity index (χ3v) is 2.78. The van der Waals surface area contributed by atoms with Crippen LogP contribution in [0.1, 0.15) is 27.4 Å². The number of pyridine rings is 1. The number of nitrogens with zero attached hydrogens (tertiary/aromatic N) is 2. The zero-order valence-corrected chi connectivity index (χ0v) is 10.4. The van der Waals surface area contributed by atoms with Crippen molar-refractivity contribution in [3.63, 3.8) is 0 Å². The van der Waals surface area contributed by atoms with E-state index >= 15 is 0 Å². The predicted octanol–water partition coefficient (Wildman–Crippen LogP) is 1.66. The van der Waals surface area contributed by atoms with Crippen LogP contribution in [-0.4, -0.2) is 22.6 Å². The minimum atomic E-state index is -0.0934. The first-order valence-corrected chi connectivity index (χ1v) is 5.78. The van der Waals surface area contributed by atoms with E-state index < -0.39 is 0 Å². The second-order valence-electron chi connectivity index (χ2n) is 4.04. The van der Waals surface area contributed by atoms with Crippen molar-refractivity contribution in [3.8, 4) is 0 Å². The number of amides is 1. The van der Waals surface area contributed by atoms with Gasteiger partial charge in [0.05, 0.1) is 5.69 Å². The molecule has 0 aliphatic carbocycles. The van der Waals surface area contributed by atoms with Crippen molar-refractivity contribution in [3.05, 3.63) is 47.1 Å². The molecular formula is C13H15N3O2. The van der Waals surface area contributed by atoms with E-state index in [0.29, 0.717) is 12.1 Å². The van der Waals surface area contributed by atoms with Crippen LogP contribution in [0.15, 0.2) is 29.0 Å². The fraction of sp³-hybridized carbons (Fsp3) is 0.308. The zero-order chi connectivity index (χ0) is 13.0. The molecule has 1 amide bonds. The summed E-state index contributed by atoms with van der Waals surface area (Å²) in [6, 6.07) is 3.37. The Morgan fingerprint density at radius 1 is 1.33 bits per heavy atom. The van der Waals surface area contributed by atoms with Crippen LogP contribution in [0.5, 0.6) is 0 Å². The van der Waals surface area contributed by atoms with Gasteiger partial charge in [-0.15, -0.1) is 0 Å². The van der Waals surface area contributed by atoms with Crippen LogP contribution in [0.3, 0.4) is 0 Å². The minimum Gasteiger partial charge on any atom is -0.361 e. The standard InChI is InChI=1S/C13H15N3O2/c1-9-12(10(2)18-16-9)5-8-15-13(17)11-3-6-14-7-4-11/h3-4,6-7H,5,8H2,1-2H3,(H,15,17). The Morgan fingerprint density at radius 2 is 2.06 bits per heavy atom. The molecule has 0 fully saturated rings. The van der Waals surface area contributed by atoms with Gasteiger partial charge in [-0.25, -0.2) is 0 Å². The van der Waals surface area contributed by atoms with E-state index in [1.807, 2.05) is 13.8 Å². The predicted molar refractivity (Wildman–Crippen MR) is 66.3 cm³/mol. The molecule has 0 bridgehead atoms. The van der Waals surface area contributed by atoms with E-state index in [9.17, 15) is 4.79 Å². The van der Waals surface area contributed by atoms with Crippen LogP contribution in [0.4, 0.5) is 0 Å². The van der Waals surface area contributed by atoms with E-state index in [-0.39, 0.29) is 5.91 Å². The fourth-order valence-electron chi connectivity index (χ4n) is 1.77. The Labute approximate surface area is 105 Å². The van der Waals surface area contributed by atoms with E-state index in [4.69, 9.17) is 4.52 Å². The molecule has 94 valence electrons. The van der Waals surface area contributed by atoms with Crippen molar-refractivity contribution in [1.29, 1.82) is 0 Å². The number of rotatable bonds is 4. The number of aryl methyl sites for hydroxylation is 2. The van der Waals surface area contributed by atoms with Crippen LogP contribution in [-0.2, 0) is 6.42 Å². The molecule has 0 aliphatic rings. The number of hydrogen-bond acceptors (Lipinski definition) is 4. The second-order valence-corrected chi connectivity index (χ2v) is 4.04. The highest BCUT2D eigenvalue weighted by Crippen LogP contribution is 2.12. The van der Waals surface area contributed by atoms with Gasteiger partial charge in [-0.3, -0.25) is 9.78 Å². The van der Waals surface area contributed by atoms with Gasteiger partial charge in [-0.1, -0.05) is 5.16 Å². The van der Waals surface area contributed by atoms with Crippen LogP contribution >= 0.6 is 0 Å². The lowest BCUT2D eigenvalue weighted by Crippen LogP contribution is -2.25. The molecular weight excluding hydrogens is 230 g/mol. The van der Waals surface area contributed by atoms with Gasteiger partial charge >= 0.3 is 0 Å². The van der Waals surface area contributed by atoms with Gasteiger partial charge in [0.15, 0.2) is 0 Å². The van der Waals surface area contributed by atoms with Crippen LogP contribution in [0, 0.1) is 13.8 Å². The Balaban J connectivity index is 1.88. The van der Waals surface area contributed by atoms with Crippen LogP contribution < -0.4 is 5.32 Å². The minimum absolute atomic E-state index is 0.0934. The molecule has 0 saturated heterocycles. The van der Waals surface area contributed by atoms with Crippen molar-refractivity contribution in [2.45, 2.75) is 20.3 Å². The number of carbonyl (C=O) groups excluding carboxylic acids is 1. The Kier molecular flexibility index (Phi) is 3.72. The third kappa shape index (κ3) is 2.74. The van der Waals surface area contributed by atoms with E-state index in [0.717, 1.165) is 23.4 Å². The fourth-order valence-corrected chi connectivity index (χ4v) is 1.77. The lowest BCUT2D eigenvalue weighted by molar-refractivity contribution is 0.0954. The highest BCUT2D eigenvalue weighted by Gasteiger charge is 2.09. The van der Waals surface area contributed by atoms with Crippen LogP contribution in [0.25, 0.3) is 0 Å². The Bertz CT molecular complexity index is 515. The smallest absolute Gasteiger partial charge is 0.251 e. The topological polar surface area (TPSA) is 68.0 Å². The maximum absolute atomic E-state index is 11.8. The quantitative estimate of drug-likeness (QED) is 0.889. The SMILES string of the molecule is Cc1noc(C)c1CCNC(=O)c1ccncc1. The lowest BCUT2D eigenvalue weighted by atomic mass is 10.1. The lowest BCUT2D eigenvalue weighted by Gasteiger charge is -2.04. The van der Waals surface area contributed by atoms with E-state index in [1.165, 1.54) is 0 Å². The summed E-state index contributed by atoms with van der Waals surface area (Å²) in [4.78, 5) is 15.6. The first kappa shape index (κ1) is 12.3. The van der Waals surface area contributed by atoms with Crippen molar-refractivity contribution in [1.82, 2.24) is 15.5 Å². The first-order valence-electron chi connectivity index (χ1n) is 5.78. The molecule has 0 atom stereocenters. The van der Waals surface area contributed by atoms with Crippen molar-refractivity contribution < 1.29 is 9.32 Å². The molecule has 0 radical (unpaired) electrons. The molecule has 2 rings (SSSR count). The molecule has 5 heteroatoms. The molecule has 1 N–H and O–H groups in total. The molecule has 5 nitrogen and oxygen atoms in total. The average Bonchev–Trinajstić information content (AvgIpc) is 2.71. The Hall–Kier alpha value is -2.17. The summed E-state index contributed by atoms with van der Waals surface area (Å²) in [5.41, 5.74) is 2.56. The van der Waals surface area contributed by atoms with E-state index in [2.05, 4.69) is 15.5 Å². The maximum Gasteiger partial charge on any atom is 0.251 e. The summed E-state index contributed by atoms with van der Waals surface area (Å²) in [6.45, 7) is 4.33.